The van der Waals surface area contributed by atoms with E-state index in [-0.39, 0.29) is 5.91 Å². The van der Waals surface area contributed by atoms with E-state index in [4.69, 9.17) is 4.74 Å². The summed E-state index contributed by atoms with van der Waals surface area (Å²) in [6, 6.07) is 11.9. The summed E-state index contributed by atoms with van der Waals surface area (Å²) < 4.78 is 5.26. The van der Waals surface area contributed by atoms with Crippen molar-refractivity contribution in [3.05, 3.63) is 58.7 Å². The second-order valence-corrected chi connectivity index (χ2v) is 6.10. The van der Waals surface area contributed by atoms with Crippen LogP contribution in [0.4, 0.5) is 5.69 Å². The molecule has 1 aliphatic rings. The van der Waals surface area contributed by atoms with Gasteiger partial charge < -0.3 is 10.1 Å². The number of benzene rings is 2. The van der Waals surface area contributed by atoms with E-state index in [0.717, 1.165) is 13.1 Å². The minimum absolute atomic E-state index is 0.0178. The molecular formula is C19H22N2O2. The highest BCUT2D eigenvalue weighted by Crippen LogP contribution is 2.26. The molecule has 0 radical (unpaired) electrons. The number of para-hydroxylation sites is 2. The number of amides is 1. The Kier molecular flexibility index (Phi) is 4.35. The number of ether oxygens (including phenoxy) is 1. The monoisotopic (exact) mass is 310 g/mol. The molecule has 0 saturated carbocycles. The van der Waals surface area contributed by atoms with E-state index in [2.05, 4.69) is 36.2 Å². The molecule has 0 saturated heterocycles. The maximum absolute atomic E-state index is 12.3. The minimum Gasteiger partial charge on any atom is -0.495 e. The average Bonchev–Trinajstić information content (AvgIpc) is 2.89. The molecule has 2 aromatic rings. The van der Waals surface area contributed by atoms with Crippen molar-refractivity contribution in [1.29, 1.82) is 0 Å². The van der Waals surface area contributed by atoms with Crippen LogP contribution in [0.2, 0.25) is 0 Å². The zero-order chi connectivity index (χ0) is 16.4. The van der Waals surface area contributed by atoms with Gasteiger partial charge in [-0.15, -0.1) is 0 Å². The Hall–Kier alpha value is -2.33. The van der Waals surface area contributed by atoms with Crippen molar-refractivity contribution >= 4 is 11.6 Å². The number of hydrogen-bond donors (Lipinski definition) is 1. The summed E-state index contributed by atoms with van der Waals surface area (Å²) in [6.07, 6.45) is 0. The molecule has 0 aromatic heterocycles. The average molecular weight is 310 g/mol. The first kappa shape index (κ1) is 15.6. The lowest BCUT2D eigenvalue weighted by Crippen LogP contribution is -2.29. The van der Waals surface area contributed by atoms with Gasteiger partial charge in [0, 0.05) is 13.1 Å². The number of nitrogens with one attached hydrogen (secondary N) is 1. The highest BCUT2D eigenvalue weighted by molar-refractivity contribution is 5.93. The fraction of sp³-hybridized carbons (Fsp3) is 0.316. The van der Waals surface area contributed by atoms with Crippen molar-refractivity contribution in [2.45, 2.75) is 26.9 Å². The molecule has 0 aliphatic carbocycles. The molecule has 0 bridgehead atoms. The standard InChI is InChI=1S/C19H22N2O2/c1-13-8-15-10-21(11-16(15)9-14(13)2)12-19(22)20-17-6-4-5-7-18(17)23-3/h4-9H,10-12H2,1-3H3,(H,20,22). The number of carbonyl (C=O) groups is 1. The summed E-state index contributed by atoms with van der Waals surface area (Å²) in [7, 11) is 1.60. The third-order valence-corrected chi connectivity index (χ3v) is 4.35. The largest absolute Gasteiger partial charge is 0.495 e. The Bertz CT molecular complexity index is 709. The molecule has 1 amide bonds. The molecule has 1 N–H and O–H groups in total. The third kappa shape index (κ3) is 3.37. The first-order valence-corrected chi connectivity index (χ1v) is 7.81. The smallest absolute Gasteiger partial charge is 0.238 e. The quantitative estimate of drug-likeness (QED) is 0.942. The first-order chi connectivity index (χ1) is 11.1. The molecule has 4 heteroatoms. The molecule has 1 aliphatic heterocycles. The summed E-state index contributed by atoms with van der Waals surface area (Å²) in [5.41, 5.74) is 5.99. The molecule has 0 spiro atoms. The Morgan fingerprint density at radius 1 is 1.13 bits per heavy atom. The van der Waals surface area contributed by atoms with Gasteiger partial charge in [0.05, 0.1) is 19.3 Å². The van der Waals surface area contributed by atoms with Crippen LogP contribution in [0.15, 0.2) is 36.4 Å². The molecule has 23 heavy (non-hydrogen) atoms. The highest BCUT2D eigenvalue weighted by atomic mass is 16.5. The van der Waals surface area contributed by atoms with Gasteiger partial charge in [0.25, 0.3) is 0 Å². The summed E-state index contributed by atoms with van der Waals surface area (Å²) in [5, 5.41) is 2.93. The maximum atomic E-state index is 12.3. The highest BCUT2D eigenvalue weighted by Gasteiger charge is 2.22. The van der Waals surface area contributed by atoms with Crippen LogP contribution in [-0.2, 0) is 17.9 Å². The van der Waals surface area contributed by atoms with E-state index in [1.165, 1.54) is 22.3 Å². The van der Waals surface area contributed by atoms with Crippen LogP contribution < -0.4 is 10.1 Å². The minimum atomic E-state index is -0.0178. The number of aryl methyl sites for hydroxylation is 2. The van der Waals surface area contributed by atoms with Crippen LogP contribution in [0.25, 0.3) is 0 Å². The number of methoxy groups -OCH3 is 1. The van der Waals surface area contributed by atoms with Crippen LogP contribution in [0.5, 0.6) is 5.75 Å². The normalized spacial score (nSPS) is 13.7. The van der Waals surface area contributed by atoms with Crippen LogP contribution >= 0.6 is 0 Å². The van der Waals surface area contributed by atoms with Gasteiger partial charge >= 0.3 is 0 Å². The molecule has 1 heterocycles. The van der Waals surface area contributed by atoms with E-state index < -0.39 is 0 Å². The lowest BCUT2D eigenvalue weighted by Gasteiger charge is -2.15. The van der Waals surface area contributed by atoms with Crippen molar-refractivity contribution in [3.63, 3.8) is 0 Å². The molecule has 3 rings (SSSR count). The molecule has 2 aromatic carbocycles. The molecule has 0 fully saturated rings. The number of rotatable bonds is 4. The van der Waals surface area contributed by atoms with Gasteiger partial charge in [-0.25, -0.2) is 0 Å². The van der Waals surface area contributed by atoms with E-state index in [1.54, 1.807) is 7.11 Å². The first-order valence-electron chi connectivity index (χ1n) is 7.81. The lowest BCUT2D eigenvalue weighted by atomic mass is 10.0. The fourth-order valence-corrected chi connectivity index (χ4v) is 3.02. The predicted octanol–water partition coefficient (Wildman–Crippen LogP) is 3.27. The molecule has 120 valence electrons. The van der Waals surface area contributed by atoms with E-state index in [0.29, 0.717) is 18.0 Å². The van der Waals surface area contributed by atoms with Crippen molar-refractivity contribution in [1.82, 2.24) is 4.90 Å². The molecular weight excluding hydrogens is 288 g/mol. The van der Waals surface area contributed by atoms with Gasteiger partial charge in [0.15, 0.2) is 0 Å². The van der Waals surface area contributed by atoms with Gasteiger partial charge in [0.2, 0.25) is 5.91 Å². The van der Waals surface area contributed by atoms with Gasteiger partial charge in [-0.2, -0.15) is 0 Å². The Labute approximate surface area is 137 Å². The summed E-state index contributed by atoms with van der Waals surface area (Å²) >= 11 is 0. The van der Waals surface area contributed by atoms with Crippen LogP contribution in [0.3, 0.4) is 0 Å². The van der Waals surface area contributed by atoms with Crippen molar-refractivity contribution in [3.8, 4) is 5.75 Å². The Morgan fingerprint density at radius 3 is 2.35 bits per heavy atom. The zero-order valence-electron chi connectivity index (χ0n) is 13.8. The number of carbonyl (C=O) groups excluding carboxylic acids is 1. The van der Waals surface area contributed by atoms with Crippen LogP contribution in [0, 0.1) is 13.8 Å². The fourth-order valence-electron chi connectivity index (χ4n) is 3.02. The van der Waals surface area contributed by atoms with Crippen molar-refractivity contribution < 1.29 is 9.53 Å². The second-order valence-electron chi connectivity index (χ2n) is 6.10. The van der Waals surface area contributed by atoms with Crippen molar-refractivity contribution in [2.24, 2.45) is 0 Å². The second kappa shape index (κ2) is 6.42. The SMILES string of the molecule is COc1ccccc1NC(=O)CN1Cc2cc(C)c(C)cc2C1. The summed E-state index contributed by atoms with van der Waals surface area (Å²) in [5.74, 6) is 0.660. The topological polar surface area (TPSA) is 41.6 Å². The van der Waals surface area contributed by atoms with Gasteiger partial charge in [-0.1, -0.05) is 24.3 Å². The van der Waals surface area contributed by atoms with Crippen molar-refractivity contribution in [2.75, 3.05) is 19.0 Å². The van der Waals surface area contributed by atoms with E-state index in [9.17, 15) is 4.79 Å². The Balaban J connectivity index is 1.64. The third-order valence-electron chi connectivity index (χ3n) is 4.35. The summed E-state index contributed by atoms with van der Waals surface area (Å²) in [4.78, 5) is 14.5. The summed E-state index contributed by atoms with van der Waals surface area (Å²) in [6.45, 7) is 6.30. The van der Waals surface area contributed by atoms with Crippen LogP contribution in [-0.4, -0.2) is 24.5 Å². The van der Waals surface area contributed by atoms with Gasteiger partial charge in [-0.05, 0) is 48.2 Å². The van der Waals surface area contributed by atoms with Crippen LogP contribution in [0.1, 0.15) is 22.3 Å². The predicted molar refractivity (Wildman–Crippen MR) is 91.7 cm³/mol. The molecule has 4 nitrogen and oxygen atoms in total. The molecule has 0 unspecified atom stereocenters. The zero-order valence-corrected chi connectivity index (χ0v) is 13.8. The van der Waals surface area contributed by atoms with E-state index in [1.807, 2.05) is 24.3 Å². The Morgan fingerprint density at radius 2 is 1.74 bits per heavy atom. The van der Waals surface area contributed by atoms with Gasteiger partial charge in [-0.3, -0.25) is 9.69 Å². The van der Waals surface area contributed by atoms with Gasteiger partial charge in [0.1, 0.15) is 5.75 Å². The molecule has 0 atom stereocenters. The lowest BCUT2D eigenvalue weighted by molar-refractivity contribution is -0.117. The van der Waals surface area contributed by atoms with E-state index >= 15 is 0 Å². The number of fused-ring (bicyclic) bond motifs is 1. The maximum Gasteiger partial charge on any atom is 0.238 e. The number of anilines is 1. The number of hydrogen-bond acceptors (Lipinski definition) is 3. The number of nitrogens with zero attached hydrogens (tertiary/aromatic N) is 1.